The number of para-hydroxylation sites is 1. The maximum atomic E-state index is 12.6. The molecular formula is C20H27N3O4. The van der Waals surface area contributed by atoms with Crippen LogP contribution in [-0.2, 0) is 9.47 Å². The normalized spacial score (nSPS) is 25.7. The largest absolute Gasteiger partial charge is 0.450 e. The summed E-state index contributed by atoms with van der Waals surface area (Å²) in [6.45, 7) is 8.62. The van der Waals surface area contributed by atoms with Gasteiger partial charge in [0.1, 0.15) is 0 Å². The summed E-state index contributed by atoms with van der Waals surface area (Å²) in [4.78, 5) is 30.8. The SMILES string of the molecule is CCOC(=O)N1CCC2C(C1)c1cccc3c1N2CC(C)N3C(=O)OCC. The van der Waals surface area contributed by atoms with E-state index in [4.69, 9.17) is 9.47 Å². The third-order valence-corrected chi connectivity index (χ3v) is 5.86. The summed E-state index contributed by atoms with van der Waals surface area (Å²) in [5.74, 6) is 0.243. The van der Waals surface area contributed by atoms with Gasteiger partial charge in [0, 0.05) is 31.6 Å². The first kappa shape index (κ1) is 17.9. The van der Waals surface area contributed by atoms with Crippen molar-refractivity contribution in [3.8, 4) is 0 Å². The molecule has 0 radical (unpaired) electrons. The highest BCUT2D eigenvalue weighted by molar-refractivity contribution is 5.96. The predicted octanol–water partition coefficient (Wildman–Crippen LogP) is 3.19. The molecule has 0 spiro atoms. The van der Waals surface area contributed by atoms with E-state index in [0.717, 1.165) is 24.3 Å². The molecule has 7 heteroatoms. The molecule has 3 heterocycles. The fraction of sp³-hybridized carbons (Fsp3) is 0.600. The van der Waals surface area contributed by atoms with Gasteiger partial charge in [0.2, 0.25) is 0 Å². The molecule has 1 saturated heterocycles. The molecule has 146 valence electrons. The van der Waals surface area contributed by atoms with Crippen LogP contribution in [0.3, 0.4) is 0 Å². The molecule has 0 aliphatic carbocycles. The second kappa shape index (κ2) is 6.94. The number of carbonyl (C=O) groups excluding carboxylic acids is 2. The minimum Gasteiger partial charge on any atom is -0.450 e. The van der Waals surface area contributed by atoms with Gasteiger partial charge in [0.05, 0.1) is 30.6 Å². The molecule has 2 amide bonds. The molecule has 0 saturated carbocycles. The Bertz CT molecular complexity index is 753. The summed E-state index contributed by atoms with van der Waals surface area (Å²) in [6.07, 6.45) is 0.383. The monoisotopic (exact) mass is 373 g/mol. The van der Waals surface area contributed by atoms with Crippen molar-refractivity contribution in [1.82, 2.24) is 4.90 Å². The van der Waals surface area contributed by atoms with Gasteiger partial charge in [-0.3, -0.25) is 4.90 Å². The van der Waals surface area contributed by atoms with E-state index in [9.17, 15) is 9.59 Å². The van der Waals surface area contributed by atoms with Gasteiger partial charge in [-0.2, -0.15) is 0 Å². The highest BCUT2D eigenvalue weighted by atomic mass is 16.6. The Hall–Kier alpha value is -2.44. The first-order valence-electron chi connectivity index (χ1n) is 9.84. The average molecular weight is 373 g/mol. The summed E-state index contributed by atoms with van der Waals surface area (Å²) in [6, 6.07) is 6.53. The van der Waals surface area contributed by atoms with Crippen LogP contribution in [0.2, 0.25) is 0 Å². The van der Waals surface area contributed by atoms with Crippen LogP contribution in [0, 0.1) is 0 Å². The second-order valence-electron chi connectivity index (χ2n) is 7.39. The fourth-order valence-corrected chi connectivity index (χ4v) is 4.82. The van der Waals surface area contributed by atoms with Gasteiger partial charge in [-0.05, 0) is 38.8 Å². The minimum absolute atomic E-state index is 0.0358. The highest BCUT2D eigenvalue weighted by Gasteiger charge is 2.48. The van der Waals surface area contributed by atoms with E-state index in [1.54, 1.807) is 4.90 Å². The van der Waals surface area contributed by atoms with Gasteiger partial charge >= 0.3 is 12.2 Å². The lowest BCUT2D eigenvalue weighted by Crippen LogP contribution is -2.54. The number of fused-ring (bicyclic) bond motifs is 3. The van der Waals surface area contributed by atoms with Crippen LogP contribution in [0.5, 0.6) is 0 Å². The Morgan fingerprint density at radius 1 is 1.11 bits per heavy atom. The molecule has 27 heavy (non-hydrogen) atoms. The quantitative estimate of drug-likeness (QED) is 0.797. The van der Waals surface area contributed by atoms with Crippen molar-refractivity contribution in [2.75, 3.05) is 42.6 Å². The number of piperidine rings is 1. The first-order chi connectivity index (χ1) is 13.1. The van der Waals surface area contributed by atoms with Crippen molar-refractivity contribution in [2.24, 2.45) is 0 Å². The number of hydrogen-bond donors (Lipinski definition) is 0. The minimum atomic E-state index is -0.291. The van der Waals surface area contributed by atoms with Crippen LogP contribution < -0.4 is 9.80 Å². The van der Waals surface area contributed by atoms with Crippen LogP contribution in [0.1, 0.15) is 38.7 Å². The first-order valence-corrected chi connectivity index (χ1v) is 9.84. The molecule has 0 bridgehead atoms. The third kappa shape index (κ3) is 2.80. The number of amides is 2. The van der Waals surface area contributed by atoms with E-state index in [1.807, 2.05) is 30.9 Å². The van der Waals surface area contributed by atoms with Crippen molar-refractivity contribution in [3.63, 3.8) is 0 Å². The van der Waals surface area contributed by atoms with Gasteiger partial charge in [0.25, 0.3) is 0 Å². The Kier molecular flexibility index (Phi) is 4.61. The zero-order valence-electron chi connectivity index (χ0n) is 16.2. The molecular weight excluding hydrogens is 346 g/mol. The highest BCUT2D eigenvalue weighted by Crippen LogP contribution is 2.51. The summed E-state index contributed by atoms with van der Waals surface area (Å²) < 4.78 is 10.5. The van der Waals surface area contributed by atoms with Crippen molar-refractivity contribution in [2.45, 2.75) is 45.2 Å². The molecule has 3 aliphatic rings. The van der Waals surface area contributed by atoms with E-state index < -0.39 is 0 Å². The fourth-order valence-electron chi connectivity index (χ4n) is 4.82. The van der Waals surface area contributed by atoms with E-state index in [0.29, 0.717) is 32.3 Å². The number of hydrogen-bond acceptors (Lipinski definition) is 5. The number of carbonyl (C=O) groups is 2. The number of nitrogens with zero attached hydrogens (tertiary/aromatic N) is 3. The Morgan fingerprint density at radius 3 is 2.59 bits per heavy atom. The predicted molar refractivity (Wildman–Crippen MR) is 102 cm³/mol. The number of anilines is 2. The van der Waals surface area contributed by atoms with Gasteiger partial charge in [-0.15, -0.1) is 0 Å². The van der Waals surface area contributed by atoms with Crippen LogP contribution in [-0.4, -0.2) is 62.0 Å². The Labute approximate surface area is 159 Å². The van der Waals surface area contributed by atoms with E-state index in [-0.39, 0.29) is 24.1 Å². The van der Waals surface area contributed by atoms with Crippen molar-refractivity contribution < 1.29 is 19.1 Å². The Morgan fingerprint density at radius 2 is 1.85 bits per heavy atom. The van der Waals surface area contributed by atoms with Crippen molar-refractivity contribution in [3.05, 3.63) is 23.8 Å². The molecule has 0 N–H and O–H groups in total. The molecule has 3 unspecified atom stereocenters. The molecule has 7 nitrogen and oxygen atoms in total. The van der Waals surface area contributed by atoms with Gasteiger partial charge < -0.3 is 19.3 Å². The lowest BCUT2D eigenvalue weighted by molar-refractivity contribution is 0.0932. The summed E-state index contributed by atoms with van der Waals surface area (Å²) in [5, 5.41) is 0. The lowest BCUT2D eigenvalue weighted by atomic mass is 9.89. The van der Waals surface area contributed by atoms with Crippen LogP contribution in [0.4, 0.5) is 21.0 Å². The molecule has 1 aromatic carbocycles. The third-order valence-electron chi connectivity index (χ3n) is 5.86. The molecule has 0 aromatic heterocycles. The molecule has 3 aliphatic heterocycles. The van der Waals surface area contributed by atoms with E-state index >= 15 is 0 Å². The van der Waals surface area contributed by atoms with Gasteiger partial charge in [-0.1, -0.05) is 12.1 Å². The van der Waals surface area contributed by atoms with Crippen molar-refractivity contribution in [1.29, 1.82) is 0 Å². The van der Waals surface area contributed by atoms with Crippen LogP contribution in [0.15, 0.2) is 18.2 Å². The molecule has 1 aromatic rings. The zero-order chi connectivity index (χ0) is 19.1. The molecule has 4 rings (SSSR count). The Balaban J connectivity index is 1.68. The second-order valence-corrected chi connectivity index (χ2v) is 7.39. The zero-order valence-corrected chi connectivity index (χ0v) is 16.2. The van der Waals surface area contributed by atoms with Crippen LogP contribution >= 0.6 is 0 Å². The number of ether oxygens (including phenoxy) is 2. The lowest BCUT2D eigenvalue weighted by Gasteiger charge is -2.44. The van der Waals surface area contributed by atoms with Crippen molar-refractivity contribution >= 4 is 23.6 Å². The average Bonchev–Trinajstić information content (AvgIpc) is 2.97. The van der Waals surface area contributed by atoms with Crippen LogP contribution in [0.25, 0.3) is 0 Å². The topological polar surface area (TPSA) is 62.3 Å². The standard InChI is InChI=1S/C20H27N3O4/c1-4-26-19(24)21-10-9-16-15(12-21)14-7-6-8-17-18(14)22(16)11-13(3)23(17)20(25)27-5-2/h6-8,13,15-16H,4-5,9-12H2,1-3H3. The maximum absolute atomic E-state index is 12.6. The van der Waals surface area contributed by atoms with E-state index in [2.05, 4.69) is 17.9 Å². The molecule has 1 fully saturated rings. The maximum Gasteiger partial charge on any atom is 0.414 e. The number of likely N-dealkylation sites (tertiary alicyclic amines) is 1. The summed E-state index contributed by atoms with van der Waals surface area (Å²) in [7, 11) is 0. The van der Waals surface area contributed by atoms with Gasteiger partial charge in [0.15, 0.2) is 0 Å². The summed E-state index contributed by atoms with van der Waals surface area (Å²) >= 11 is 0. The molecule has 3 atom stereocenters. The summed E-state index contributed by atoms with van der Waals surface area (Å²) in [5.41, 5.74) is 3.26. The van der Waals surface area contributed by atoms with E-state index in [1.165, 1.54) is 5.56 Å². The number of benzene rings is 1. The van der Waals surface area contributed by atoms with Gasteiger partial charge in [-0.25, -0.2) is 9.59 Å². The smallest absolute Gasteiger partial charge is 0.414 e. The number of rotatable bonds is 2.